The van der Waals surface area contributed by atoms with E-state index in [0.717, 1.165) is 25.9 Å². The van der Waals surface area contributed by atoms with E-state index in [1.807, 2.05) is 4.90 Å². The van der Waals surface area contributed by atoms with Crippen LogP contribution in [-0.4, -0.2) is 49.2 Å². The Hall–Kier alpha value is -3.03. The highest BCUT2D eigenvalue weighted by molar-refractivity contribution is 5.76. The molecule has 1 amide bonds. The molecule has 0 unspecified atom stereocenters. The number of benzene rings is 1. The van der Waals surface area contributed by atoms with Crippen molar-refractivity contribution in [2.45, 2.75) is 38.5 Å². The van der Waals surface area contributed by atoms with Crippen molar-refractivity contribution < 1.29 is 9.32 Å². The number of amides is 1. The van der Waals surface area contributed by atoms with Crippen LogP contribution in [0.15, 0.2) is 35.1 Å². The molecule has 1 aliphatic rings. The van der Waals surface area contributed by atoms with Crippen LogP contribution in [-0.2, 0) is 11.2 Å². The average molecular weight is 366 g/mol. The van der Waals surface area contributed by atoms with E-state index >= 15 is 0 Å². The predicted molar refractivity (Wildman–Crippen MR) is 97.7 cm³/mol. The summed E-state index contributed by atoms with van der Waals surface area (Å²) in [5.41, 5.74) is 2.75. The summed E-state index contributed by atoms with van der Waals surface area (Å²) in [5, 5.41) is 10.3. The number of aryl methyl sites for hydroxylation is 2. The normalized spacial score (nSPS) is 15.2. The van der Waals surface area contributed by atoms with Crippen LogP contribution in [0.4, 0.5) is 0 Å². The van der Waals surface area contributed by atoms with E-state index in [1.54, 1.807) is 0 Å². The third-order valence-electron chi connectivity index (χ3n) is 5.12. The lowest BCUT2D eigenvalue weighted by Crippen LogP contribution is -2.38. The molecule has 1 aliphatic heterocycles. The lowest BCUT2D eigenvalue weighted by atomic mass is 9.87. The van der Waals surface area contributed by atoms with Gasteiger partial charge in [0.05, 0.1) is 0 Å². The number of hydrogen-bond donors (Lipinski definition) is 1. The van der Waals surface area contributed by atoms with Crippen molar-refractivity contribution in [1.29, 1.82) is 0 Å². The number of H-pyrrole nitrogens is 1. The molecule has 4 rings (SSSR count). The number of hydrogen-bond acceptors (Lipinski definition) is 6. The third kappa shape index (κ3) is 3.89. The first-order valence-corrected chi connectivity index (χ1v) is 9.22. The maximum atomic E-state index is 12.5. The Bertz CT molecular complexity index is 897. The van der Waals surface area contributed by atoms with Gasteiger partial charge in [-0.1, -0.05) is 29.4 Å². The highest BCUT2D eigenvalue weighted by atomic mass is 16.5. The fraction of sp³-hybridized carbons (Fsp3) is 0.421. The van der Waals surface area contributed by atoms with Crippen LogP contribution in [0.1, 0.15) is 42.2 Å². The quantitative estimate of drug-likeness (QED) is 0.744. The summed E-state index contributed by atoms with van der Waals surface area (Å²) < 4.78 is 5.19. The Balaban J connectivity index is 1.28. The smallest absolute Gasteiger partial charge is 0.239 e. The zero-order valence-corrected chi connectivity index (χ0v) is 15.3. The molecule has 0 aliphatic carbocycles. The Morgan fingerprint density at radius 2 is 2.11 bits per heavy atom. The molecule has 1 N–H and O–H groups in total. The van der Waals surface area contributed by atoms with Crippen molar-refractivity contribution >= 4 is 5.91 Å². The number of nitrogens with zero attached hydrogens (tertiary/aromatic N) is 5. The van der Waals surface area contributed by atoms with E-state index in [2.05, 4.69) is 56.5 Å². The van der Waals surface area contributed by atoms with Gasteiger partial charge < -0.3 is 9.42 Å². The van der Waals surface area contributed by atoms with Crippen LogP contribution >= 0.6 is 0 Å². The Morgan fingerprint density at radius 3 is 2.85 bits per heavy atom. The van der Waals surface area contributed by atoms with E-state index < -0.39 is 0 Å². The molecule has 2 aromatic heterocycles. The number of aromatic nitrogens is 5. The molecule has 8 nitrogen and oxygen atoms in total. The van der Waals surface area contributed by atoms with E-state index in [-0.39, 0.29) is 5.91 Å². The van der Waals surface area contributed by atoms with Crippen LogP contribution in [0.2, 0.25) is 0 Å². The third-order valence-corrected chi connectivity index (χ3v) is 5.12. The Kier molecular flexibility index (Phi) is 4.95. The minimum atomic E-state index is 0.137. The average Bonchev–Trinajstić information content (AvgIpc) is 3.38. The summed E-state index contributed by atoms with van der Waals surface area (Å²) in [7, 11) is 0. The molecular weight excluding hydrogens is 344 g/mol. The molecule has 8 heteroatoms. The molecule has 0 radical (unpaired) electrons. The van der Waals surface area contributed by atoms with Gasteiger partial charge in [-0.2, -0.15) is 10.1 Å². The highest BCUT2D eigenvalue weighted by Gasteiger charge is 2.24. The van der Waals surface area contributed by atoms with Crippen molar-refractivity contribution in [2.75, 3.05) is 13.1 Å². The summed E-state index contributed by atoms with van der Waals surface area (Å²) in [6, 6.07) is 8.53. The molecular formula is C19H22N6O2. The van der Waals surface area contributed by atoms with Crippen molar-refractivity contribution in [3.8, 4) is 11.6 Å². The number of likely N-dealkylation sites (tertiary alicyclic amines) is 1. The minimum Gasteiger partial charge on any atom is -0.343 e. The number of carbonyl (C=O) groups excluding carboxylic acids is 1. The monoisotopic (exact) mass is 366 g/mol. The number of carbonyl (C=O) groups is 1. The molecule has 1 fully saturated rings. The fourth-order valence-corrected chi connectivity index (χ4v) is 3.62. The maximum Gasteiger partial charge on any atom is 0.239 e. The summed E-state index contributed by atoms with van der Waals surface area (Å²) in [6.45, 7) is 3.75. The molecule has 0 saturated carbocycles. The van der Waals surface area contributed by atoms with Gasteiger partial charge >= 0.3 is 0 Å². The van der Waals surface area contributed by atoms with Gasteiger partial charge in [0.2, 0.25) is 17.6 Å². The summed E-state index contributed by atoms with van der Waals surface area (Å²) in [5.74, 6) is 1.92. The largest absolute Gasteiger partial charge is 0.343 e. The first-order valence-electron chi connectivity index (χ1n) is 9.22. The highest BCUT2D eigenvalue weighted by Crippen LogP contribution is 2.30. The van der Waals surface area contributed by atoms with Gasteiger partial charge in [-0.15, -0.1) is 0 Å². The van der Waals surface area contributed by atoms with Crippen LogP contribution in [0, 0.1) is 6.92 Å². The van der Waals surface area contributed by atoms with Gasteiger partial charge in [-0.05, 0) is 36.8 Å². The molecule has 3 heterocycles. The second kappa shape index (κ2) is 7.69. The van der Waals surface area contributed by atoms with Crippen LogP contribution in [0.25, 0.3) is 11.6 Å². The SMILES string of the molecule is Cc1ccccc1C1CCN(C(=O)CCc2nc(-c3ncn[nH]3)no2)CC1. The first-order chi connectivity index (χ1) is 13.2. The molecule has 3 aromatic rings. The standard InChI is InChI=1S/C19H22N6O2/c1-13-4-2-3-5-15(13)14-8-10-25(11-9-14)17(26)7-6-16-22-19(24-27-16)18-20-12-21-23-18/h2-5,12,14H,6-11H2,1H3,(H,20,21,23). The lowest BCUT2D eigenvalue weighted by Gasteiger charge is -2.33. The zero-order chi connectivity index (χ0) is 18.6. The molecule has 0 bridgehead atoms. The number of nitrogens with one attached hydrogen (secondary N) is 1. The van der Waals surface area contributed by atoms with E-state index in [1.165, 1.54) is 17.5 Å². The van der Waals surface area contributed by atoms with Gasteiger partial charge in [0.1, 0.15) is 6.33 Å². The van der Waals surface area contributed by atoms with Crippen LogP contribution < -0.4 is 0 Å². The molecule has 0 atom stereocenters. The summed E-state index contributed by atoms with van der Waals surface area (Å²) in [4.78, 5) is 22.7. The topological polar surface area (TPSA) is 101 Å². The van der Waals surface area contributed by atoms with Gasteiger partial charge in [0.15, 0.2) is 5.82 Å². The molecule has 1 aromatic carbocycles. The van der Waals surface area contributed by atoms with Crippen molar-refractivity contribution in [2.24, 2.45) is 0 Å². The molecule has 140 valence electrons. The Morgan fingerprint density at radius 1 is 1.30 bits per heavy atom. The summed E-state index contributed by atoms with van der Waals surface area (Å²) in [6.07, 6.45) is 4.19. The zero-order valence-electron chi connectivity index (χ0n) is 15.3. The number of piperidine rings is 1. The minimum absolute atomic E-state index is 0.137. The van der Waals surface area contributed by atoms with Crippen LogP contribution in [0.3, 0.4) is 0 Å². The second-order valence-corrected chi connectivity index (χ2v) is 6.86. The van der Waals surface area contributed by atoms with Crippen molar-refractivity contribution in [3.05, 3.63) is 47.6 Å². The first kappa shape index (κ1) is 17.4. The maximum absolute atomic E-state index is 12.5. The van der Waals surface area contributed by atoms with Gasteiger partial charge in [-0.3, -0.25) is 9.89 Å². The van der Waals surface area contributed by atoms with Crippen molar-refractivity contribution in [1.82, 2.24) is 30.2 Å². The van der Waals surface area contributed by atoms with Gasteiger partial charge in [-0.25, -0.2) is 4.98 Å². The molecule has 27 heavy (non-hydrogen) atoms. The second-order valence-electron chi connectivity index (χ2n) is 6.86. The number of aromatic amines is 1. The number of rotatable bonds is 5. The van der Waals surface area contributed by atoms with Gasteiger partial charge in [0, 0.05) is 25.9 Å². The molecule has 1 saturated heterocycles. The van der Waals surface area contributed by atoms with E-state index in [4.69, 9.17) is 4.52 Å². The fourth-order valence-electron chi connectivity index (χ4n) is 3.62. The Labute approximate surface area is 157 Å². The van der Waals surface area contributed by atoms with Crippen molar-refractivity contribution in [3.63, 3.8) is 0 Å². The molecule has 0 spiro atoms. The summed E-state index contributed by atoms with van der Waals surface area (Å²) >= 11 is 0. The van der Waals surface area contributed by atoms with Crippen LogP contribution in [0.5, 0.6) is 0 Å². The van der Waals surface area contributed by atoms with Gasteiger partial charge in [0.25, 0.3) is 0 Å². The van der Waals surface area contributed by atoms with E-state index in [9.17, 15) is 4.79 Å². The predicted octanol–water partition coefficient (Wildman–Crippen LogP) is 2.50. The lowest BCUT2D eigenvalue weighted by molar-refractivity contribution is -0.132. The van der Waals surface area contributed by atoms with E-state index in [0.29, 0.717) is 36.3 Å².